The molecule has 1 atom stereocenters. The summed E-state index contributed by atoms with van der Waals surface area (Å²) in [6, 6.07) is 8.41. The molecule has 0 saturated carbocycles. The minimum Gasteiger partial charge on any atom is -0.324 e. The average Bonchev–Trinajstić information content (AvgIpc) is 2.29. The van der Waals surface area contributed by atoms with Gasteiger partial charge in [0.15, 0.2) is 0 Å². The van der Waals surface area contributed by atoms with Gasteiger partial charge in [0.1, 0.15) is 0 Å². The molecule has 0 bridgehead atoms. The standard InChI is InChI=1S/C13H17NS/c1-3-4-5-9-12(14)11-8-6-7-10-13(11)15-2/h1,6-8,10,12H,4-5,9,14H2,2H3. The van der Waals surface area contributed by atoms with Crippen LogP contribution < -0.4 is 5.73 Å². The van der Waals surface area contributed by atoms with Crippen molar-refractivity contribution in [1.82, 2.24) is 0 Å². The largest absolute Gasteiger partial charge is 0.324 e. The molecule has 0 aliphatic carbocycles. The second-order valence-corrected chi connectivity index (χ2v) is 4.29. The second-order valence-electron chi connectivity index (χ2n) is 3.44. The summed E-state index contributed by atoms with van der Waals surface area (Å²) in [5, 5.41) is 0. The highest BCUT2D eigenvalue weighted by molar-refractivity contribution is 7.98. The summed E-state index contributed by atoms with van der Waals surface area (Å²) in [5.41, 5.74) is 7.37. The summed E-state index contributed by atoms with van der Waals surface area (Å²) < 4.78 is 0. The van der Waals surface area contributed by atoms with E-state index in [-0.39, 0.29) is 6.04 Å². The Balaban J connectivity index is 2.64. The van der Waals surface area contributed by atoms with Gasteiger partial charge >= 0.3 is 0 Å². The molecule has 2 N–H and O–H groups in total. The lowest BCUT2D eigenvalue weighted by molar-refractivity contribution is 0.613. The molecular weight excluding hydrogens is 202 g/mol. The van der Waals surface area contributed by atoms with Crippen molar-refractivity contribution in [3.05, 3.63) is 29.8 Å². The van der Waals surface area contributed by atoms with Crippen LogP contribution in [0.4, 0.5) is 0 Å². The van der Waals surface area contributed by atoms with Crippen LogP contribution in [0.25, 0.3) is 0 Å². The van der Waals surface area contributed by atoms with E-state index < -0.39 is 0 Å². The zero-order chi connectivity index (χ0) is 11.1. The first-order valence-electron chi connectivity index (χ1n) is 5.11. The predicted octanol–water partition coefficient (Wildman–Crippen LogP) is 3.21. The topological polar surface area (TPSA) is 26.0 Å². The van der Waals surface area contributed by atoms with Crippen LogP contribution in [0.1, 0.15) is 30.9 Å². The third kappa shape index (κ3) is 3.62. The van der Waals surface area contributed by atoms with E-state index >= 15 is 0 Å². The highest BCUT2D eigenvalue weighted by Crippen LogP contribution is 2.26. The lowest BCUT2D eigenvalue weighted by Gasteiger charge is -2.14. The van der Waals surface area contributed by atoms with Crippen LogP contribution in [0, 0.1) is 12.3 Å². The van der Waals surface area contributed by atoms with Gasteiger partial charge in [-0.2, -0.15) is 0 Å². The molecular formula is C13H17NS. The Bertz CT molecular complexity index is 341. The maximum Gasteiger partial charge on any atom is 0.0306 e. The fourth-order valence-electron chi connectivity index (χ4n) is 1.55. The zero-order valence-corrected chi connectivity index (χ0v) is 9.89. The van der Waals surface area contributed by atoms with Crippen molar-refractivity contribution in [2.45, 2.75) is 30.2 Å². The lowest BCUT2D eigenvalue weighted by atomic mass is 10.0. The number of hydrogen-bond donors (Lipinski definition) is 1. The fourth-order valence-corrected chi connectivity index (χ4v) is 2.22. The molecule has 1 aromatic carbocycles. The number of unbranched alkanes of at least 4 members (excludes halogenated alkanes) is 1. The van der Waals surface area contributed by atoms with Gasteiger partial charge in [0.2, 0.25) is 0 Å². The van der Waals surface area contributed by atoms with Crippen LogP contribution in [0.5, 0.6) is 0 Å². The van der Waals surface area contributed by atoms with Crippen LogP contribution in [-0.2, 0) is 0 Å². The van der Waals surface area contributed by atoms with Gasteiger partial charge in [-0.3, -0.25) is 0 Å². The maximum absolute atomic E-state index is 6.13. The fraction of sp³-hybridized carbons (Fsp3) is 0.385. The predicted molar refractivity (Wildman–Crippen MR) is 67.8 cm³/mol. The van der Waals surface area contributed by atoms with Gasteiger partial charge in [0, 0.05) is 17.4 Å². The zero-order valence-electron chi connectivity index (χ0n) is 9.07. The van der Waals surface area contributed by atoms with Gasteiger partial charge in [-0.1, -0.05) is 18.2 Å². The van der Waals surface area contributed by atoms with Crippen molar-refractivity contribution in [1.29, 1.82) is 0 Å². The van der Waals surface area contributed by atoms with Crippen molar-refractivity contribution in [3.63, 3.8) is 0 Å². The molecule has 80 valence electrons. The van der Waals surface area contributed by atoms with Crippen molar-refractivity contribution in [2.24, 2.45) is 5.73 Å². The van der Waals surface area contributed by atoms with Crippen molar-refractivity contribution in [3.8, 4) is 12.3 Å². The van der Waals surface area contributed by atoms with Crippen LogP contribution in [0.3, 0.4) is 0 Å². The Morgan fingerprint density at radius 1 is 1.47 bits per heavy atom. The Hall–Kier alpha value is -0.910. The molecule has 0 spiro atoms. The van der Waals surface area contributed by atoms with E-state index in [4.69, 9.17) is 12.2 Å². The minimum atomic E-state index is 0.113. The third-order valence-electron chi connectivity index (χ3n) is 2.37. The molecule has 0 radical (unpaired) electrons. The molecule has 0 saturated heterocycles. The summed E-state index contributed by atoms with van der Waals surface area (Å²) in [7, 11) is 0. The van der Waals surface area contributed by atoms with E-state index in [1.807, 2.05) is 12.1 Å². The highest BCUT2D eigenvalue weighted by atomic mass is 32.2. The normalized spacial score (nSPS) is 12.1. The van der Waals surface area contributed by atoms with E-state index in [0.29, 0.717) is 0 Å². The average molecular weight is 219 g/mol. The Labute approximate surface area is 96.4 Å². The quantitative estimate of drug-likeness (QED) is 0.467. The van der Waals surface area contributed by atoms with Crippen molar-refractivity contribution in [2.75, 3.05) is 6.26 Å². The number of terminal acetylenes is 1. The molecule has 1 nitrogen and oxygen atoms in total. The van der Waals surface area contributed by atoms with E-state index in [0.717, 1.165) is 19.3 Å². The molecule has 0 amide bonds. The molecule has 0 aliphatic rings. The Morgan fingerprint density at radius 2 is 2.20 bits per heavy atom. The molecule has 15 heavy (non-hydrogen) atoms. The first-order chi connectivity index (χ1) is 7.29. The van der Waals surface area contributed by atoms with E-state index in [1.54, 1.807) is 11.8 Å². The molecule has 1 unspecified atom stereocenters. The number of rotatable bonds is 5. The van der Waals surface area contributed by atoms with Gasteiger partial charge in [0.25, 0.3) is 0 Å². The molecule has 0 heterocycles. The highest BCUT2D eigenvalue weighted by Gasteiger charge is 2.09. The summed E-state index contributed by atoms with van der Waals surface area (Å²) >= 11 is 1.74. The number of nitrogens with two attached hydrogens (primary N) is 1. The lowest BCUT2D eigenvalue weighted by Crippen LogP contribution is -2.11. The molecule has 0 fully saturated rings. The van der Waals surface area contributed by atoms with Crippen LogP contribution in [-0.4, -0.2) is 6.26 Å². The van der Waals surface area contributed by atoms with Gasteiger partial charge < -0.3 is 5.73 Å². The molecule has 0 aliphatic heterocycles. The third-order valence-corrected chi connectivity index (χ3v) is 3.19. The van der Waals surface area contributed by atoms with Crippen molar-refractivity contribution < 1.29 is 0 Å². The van der Waals surface area contributed by atoms with E-state index in [1.165, 1.54) is 10.5 Å². The second kappa shape index (κ2) is 6.55. The number of thioether (sulfide) groups is 1. The van der Waals surface area contributed by atoms with E-state index in [9.17, 15) is 0 Å². The molecule has 2 heteroatoms. The SMILES string of the molecule is C#CCCCC(N)c1ccccc1SC. The summed E-state index contributed by atoms with van der Waals surface area (Å²) in [5.74, 6) is 2.64. The molecule has 0 aromatic heterocycles. The van der Waals surface area contributed by atoms with Crippen LogP contribution in [0.15, 0.2) is 29.2 Å². The Morgan fingerprint density at radius 3 is 2.87 bits per heavy atom. The Kier molecular flexibility index (Phi) is 5.31. The number of benzene rings is 1. The maximum atomic E-state index is 6.13. The van der Waals surface area contributed by atoms with Crippen LogP contribution >= 0.6 is 11.8 Å². The molecule has 1 rings (SSSR count). The smallest absolute Gasteiger partial charge is 0.0306 e. The summed E-state index contributed by atoms with van der Waals surface area (Å²) in [4.78, 5) is 1.27. The first kappa shape index (κ1) is 12.2. The van der Waals surface area contributed by atoms with Gasteiger partial charge in [-0.15, -0.1) is 24.1 Å². The minimum absolute atomic E-state index is 0.113. The summed E-state index contributed by atoms with van der Waals surface area (Å²) in [6.07, 6.45) is 10.1. The monoisotopic (exact) mass is 219 g/mol. The first-order valence-corrected chi connectivity index (χ1v) is 6.34. The van der Waals surface area contributed by atoms with E-state index in [2.05, 4.69) is 24.3 Å². The number of hydrogen-bond acceptors (Lipinski definition) is 2. The van der Waals surface area contributed by atoms with Gasteiger partial charge in [-0.25, -0.2) is 0 Å². The van der Waals surface area contributed by atoms with Crippen molar-refractivity contribution >= 4 is 11.8 Å². The molecule has 1 aromatic rings. The van der Waals surface area contributed by atoms with Crippen LogP contribution in [0.2, 0.25) is 0 Å². The van der Waals surface area contributed by atoms with Gasteiger partial charge in [-0.05, 0) is 30.7 Å². The summed E-state index contributed by atoms with van der Waals surface area (Å²) in [6.45, 7) is 0. The van der Waals surface area contributed by atoms with Gasteiger partial charge in [0.05, 0.1) is 0 Å².